The summed E-state index contributed by atoms with van der Waals surface area (Å²) >= 11 is 0. The molecule has 1 atom stereocenters. The number of hydrogen-bond acceptors (Lipinski definition) is 4. The van der Waals surface area contributed by atoms with Gasteiger partial charge in [0.15, 0.2) is 0 Å². The second-order valence-electron chi connectivity index (χ2n) is 3.40. The smallest absolute Gasteiger partial charge is 0.213 e. The molecule has 4 nitrogen and oxygen atoms in total. The van der Waals surface area contributed by atoms with Crippen LogP contribution in [0.3, 0.4) is 0 Å². The molecule has 0 fully saturated rings. The number of aliphatic hydroxyl groups excluding tert-OH is 1. The number of fused-ring (bicyclic) bond motifs is 1. The van der Waals surface area contributed by atoms with E-state index >= 15 is 0 Å². The molecule has 76 valence electrons. The maximum Gasteiger partial charge on any atom is 0.213 e. The van der Waals surface area contributed by atoms with Gasteiger partial charge in [-0.05, 0) is 12.1 Å². The van der Waals surface area contributed by atoms with E-state index < -0.39 is 18.2 Å². The number of nitrogens with one attached hydrogen (secondary N) is 1. The summed E-state index contributed by atoms with van der Waals surface area (Å²) in [6.07, 6.45) is 0.326. The van der Waals surface area contributed by atoms with Gasteiger partial charge in [0.2, 0.25) is 5.95 Å². The molecule has 0 spiro atoms. The van der Waals surface area contributed by atoms with Crippen LogP contribution in [0.4, 0.5) is 10.1 Å². The molecule has 2 heterocycles. The molecule has 3 N–H and O–H groups in total. The Morgan fingerprint density at radius 2 is 2.36 bits per heavy atom. The van der Waals surface area contributed by atoms with Gasteiger partial charge in [-0.25, -0.2) is 4.98 Å². The van der Waals surface area contributed by atoms with Crippen LogP contribution in [-0.2, 0) is 5.60 Å². The SMILES string of the molecule is OCC1(O)CCNc2ccc(F)nc21. The van der Waals surface area contributed by atoms with Gasteiger partial charge in [0.25, 0.3) is 0 Å². The average molecular weight is 198 g/mol. The molecule has 1 aliphatic rings. The molecule has 0 saturated heterocycles. The molecular weight excluding hydrogens is 187 g/mol. The maximum atomic E-state index is 12.8. The van der Waals surface area contributed by atoms with Crippen molar-refractivity contribution in [1.82, 2.24) is 4.98 Å². The molecule has 0 aromatic carbocycles. The first-order chi connectivity index (χ1) is 6.65. The molecule has 1 unspecified atom stereocenters. The van der Waals surface area contributed by atoms with E-state index in [0.29, 0.717) is 18.7 Å². The lowest BCUT2D eigenvalue weighted by molar-refractivity contribution is -0.0294. The Balaban J connectivity index is 2.52. The second-order valence-corrected chi connectivity index (χ2v) is 3.40. The fraction of sp³-hybridized carbons (Fsp3) is 0.444. The van der Waals surface area contributed by atoms with Crippen LogP contribution in [-0.4, -0.2) is 28.3 Å². The first-order valence-electron chi connectivity index (χ1n) is 4.40. The molecule has 1 aromatic rings. The summed E-state index contributed by atoms with van der Waals surface area (Å²) in [5.74, 6) is -0.653. The largest absolute Gasteiger partial charge is 0.393 e. The number of aromatic nitrogens is 1. The highest BCUT2D eigenvalue weighted by atomic mass is 19.1. The summed E-state index contributed by atoms with van der Waals surface area (Å²) in [6.45, 7) is 0.0928. The molecule has 1 aliphatic heterocycles. The predicted molar refractivity (Wildman–Crippen MR) is 48.3 cm³/mol. The topological polar surface area (TPSA) is 65.4 Å². The van der Waals surface area contributed by atoms with E-state index in [-0.39, 0.29) is 5.69 Å². The van der Waals surface area contributed by atoms with Crippen LogP contribution < -0.4 is 5.32 Å². The molecular formula is C9H11FN2O2. The zero-order valence-electron chi connectivity index (χ0n) is 7.50. The summed E-state index contributed by atoms with van der Waals surface area (Å²) < 4.78 is 12.8. The van der Waals surface area contributed by atoms with Crippen LogP contribution in [0, 0.1) is 5.95 Å². The van der Waals surface area contributed by atoms with E-state index in [9.17, 15) is 9.50 Å². The first-order valence-corrected chi connectivity index (χ1v) is 4.40. The lowest BCUT2D eigenvalue weighted by atomic mass is 9.91. The van der Waals surface area contributed by atoms with Crippen LogP contribution in [0.25, 0.3) is 0 Å². The zero-order valence-corrected chi connectivity index (χ0v) is 7.50. The van der Waals surface area contributed by atoms with E-state index in [4.69, 9.17) is 5.11 Å². The van der Waals surface area contributed by atoms with Crippen molar-refractivity contribution in [3.05, 3.63) is 23.8 Å². The average Bonchev–Trinajstić information content (AvgIpc) is 2.20. The third kappa shape index (κ3) is 1.34. The third-order valence-electron chi connectivity index (χ3n) is 2.42. The van der Waals surface area contributed by atoms with Gasteiger partial charge in [-0.1, -0.05) is 0 Å². The van der Waals surface area contributed by atoms with Crippen molar-refractivity contribution in [2.75, 3.05) is 18.5 Å². The van der Waals surface area contributed by atoms with Crippen molar-refractivity contribution in [1.29, 1.82) is 0 Å². The van der Waals surface area contributed by atoms with Crippen molar-refractivity contribution in [2.24, 2.45) is 0 Å². The van der Waals surface area contributed by atoms with Gasteiger partial charge in [0, 0.05) is 13.0 Å². The molecule has 0 aliphatic carbocycles. The normalized spacial score (nSPS) is 25.4. The second kappa shape index (κ2) is 3.18. The highest BCUT2D eigenvalue weighted by molar-refractivity contribution is 5.52. The van der Waals surface area contributed by atoms with Gasteiger partial charge >= 0.3 is 0 Å². The first kappa shape index (κ1) is 9.36. The molecule has 1 aromatic heterocycles. The maximum absolute atomic E-state index is 12.8. The number of hydrogen-bond donors (Lipinski definition) is 3. The number of halogens is 1. The Bertz CT molecular complexity index is 359. The van der Waals surface area contributed by atoms with Crippen LogP contribution in [0.5, 0.6) is 0 Å². The standard InChI is InChI=1S/C9H11FN2O2/c10-7-2-1-6-8(12-7)9(14,5-13)3-4-11-6/h1-2,11,13-14H,3-5H2. The van der Waals surface area contributed by atoms with Crippen molar-refractivity contribution in [3.8, 4) is 0 Å². The molecule has 5 heteroatoms. The van der Waals surface area contributed by atoms with E-state index in [1.54, 1.807) is 0 Å². The molecule has 0 amide bonds. The number of anilines is 1. The summed E-state index contributed by atoms with van der Waals surface area (Å²) in [4.78, 5) is 3.60. The number of nitrogens with zero attached hydrogens (tertiary/aromatic N) is 1. The summed E-state index contributed by atoms with van der Waals surface area (Å²) in [7, 11) is 0. The zero-order chi connectivity index (χ0) is 10.2. The van der Waals surface area contributed by atoms with Gasteiger partial charge in [-0.15, -0.1) is 0 Å². The number of pyridine rings is 1. The quantitative estimate of drug-likeness (QED) is 0.565. The summed E-state index contributed by atoms with van der Waals surface area (Å²) in [5.41, 5.74) is -0.650. The minimum absolute atomic E-state index is 0.186. The van der Waals surface area contributed by atoms with Crippen molar-refractivity contribution < 1.29 is 14.6 Å². The molecule has 0 radical (unpaired) electrons. The van der Waals surface area contributed by atoms with E-state index in [1.807, 2.05) is 0 Å². The van der Waals surface area contributed by atoms with Gasteiger partial charge < -0.3 is 15.5 Å². The predicted octanol–water partition coefficient (Wildman–Crippen LogP) is 0.216. The minimum atomic E-state index is -1.41. The lowest BCUT2D eigenvalue weighted by Gasteiger charge is -2.32. The third-order valence-corrected chi connectivity index (χ3v) is 2.42. The van der Waals surface area contributed by atoms with E-state index in [0.717, 1.165) is 0 Å². The fourth-order valence-electron chi connectivity index (χ4n) is 1.61. The van der Waals surface area contributed by atoms with Gasteiger partial charge in [-0.2, -0.15) is 4.39 Å². The van der Waals surface area contributed by atoms with Crippen LogP contribution in [0.15, 0.2) is 12.1 Å². The van der Waals surface area contributed by atoms with E-state index in [2.05, 4.69) is 10.3 Å². The van der Waals surface area contributed by atoms with Crippen molar-refractivity contribution >= 4 is 5.69 Å². The van der Waals surface area contributed by atoms with Gasteiger partial charge in [0.1, 0.15) is 11.3 Å². The molecule has 0 saturated carbocycles. The lowest BCUT2D eigenvalue weighted by Crippen LogP contribution is -2.38. The van der Waals surface area contributed by atoms with Crippen molar-refractivity contribution in [2.45, 2.75) is 12.0 Å². The van der Waals surface area contributed by atoms with E-state index in [1.165, 1.54) is 12.1 Å². The Hall–Kier alpha value is -1.20. The van der Waals surface area contributed by atoms with Crippen molar-refractivity contribution in [3.63, 3.8) is 0 Å². The summed E-state index contributed by atoms with van der Waals surface area (Å²) in [6, 6.07) is 2.73. The van der Waals surface area contributed by atoms with Gasteiger partial charge in [-0.3, -0.25) is 0 Å². The highest BCUT2D eigenvalue weighted by Crippen LogP contribution is 2.32. The Morgan fingerprint density at radius 3 is 3.07 bits per heavy atom. The van der Waals surface area contributed by atoms with Crippen LogP contribution in [0.1, 0.15) is 12.1 Å². The molecule has 2 rings (SSSR count). The Kier molecular flexibility index (Phi) is 2.13. The monoisotopic (exact) mass is 198 g/mol. The van der Waals surface area contributed by atoms with Crippen LogP contribution >= 0.6 is 0 Å². The minimum Gasteiger partial charge on any atom is -0.393 e. The number of rotatable bonds is 1. The highest BCUT2D eigenvalue weighted by Gasteiger charge is 2.35. The fourth-order valence-corrected chi connectivity index (χ4v) is 1.61. The Labute approximate surface area is 80.4 Å². The summed E-state index contributed by atoms with van der Waals surface area (Å²) in [5, 5.41) is 22.0. The molecule has 0 bridgehead atoms. The Morgan fingerprint density at radius 1 is 1.57 bits per heavy atom. The number of aliphatic hydroxyl groups is 2. The van der Waals surface area contributed by atoms with Crippen LogP contribution in [0.2, 0.25) is 0 Å². The molecule has 14 heavy (non-hydrogen) atoms. The van der Waals surface area contributed by atoms with Gasteiger partial charge in [0.05, 0.1) is 12.3 Å².